The monoisotopic (exact) mass is 304 g/mol. The Hall–Kier alpha value is -1.91. The summed E-state index contributed by atoms with van der Waals surface area (Å²) in [7, 11) is 0. The molecule has 0 N–H and O–H groups in total. The van der Waals surface area contributed by atoms with Gasteiger partial charge in [0.1, 0.15) is 5.82 Å². The van der Waals surface area contributed by atoms with Crippen LogP contribution in [-0.4, -0.2) is 47.8 Å². The molecule has 1 aliphatic carbocycles. The van der Waals surface area contributed by atoms with Gasteiger partial charge in [0.15, 0.2) is 0 Å². The number of hydrogen-bond donors (Lipinski definition) is 0. The van der Waals surface area contributed by atoms with E-state index in [0.29, 0.717) is 44.6 Å². The van der Waals surface area contributed by atoms with Crippen molar-refractivity contribution in [3.63, 3.8) is 0 Å². The fraction of sp³-hybridized carbons (Fsp3) is 0.529. The second-order valence-electron chi connectivity index (χ2n) is 6.21. The van der Waals surface area contributed by atoms with E-state index in [1.807, 2.05) is 0 Å². The maximum absolute atomic E-state index is 14.2. The van der Waals surface area contributed by atoms with Gasteiger partial charge in [-0.15, -0.1) is 0 Å². The molecule has 2 amide bonds. The predicted molar refractivity (Wildman–Crippen MR) is 80.8 cm³/mol. The van der Waals surface area contributed by atoms with Gasteiger partial charge in [-0.25, -0.2) is 4.39 Å². The molecule has 22 heavy (non-hydrogen) atoms. The number of hydrogen-bond acceptors (Lipinski definition) is 2. The Kier molecular flexibility index (Phi) is 3.89. The summed E-state index contributed by atoms with van der Waals surface area (Å²) >= 11 is 0. The average Bonchev–Trinajstić information content (AvgIpc) is 2.48. The van der Waals surface area contributed by atoms with Gasteiger partial charge in [0.25, 0.3) is 0 Å². The molecule has 0 spiro atoms. The van der Waals surface area contributed by atoms with E-state index in [0.717, 1.165) is 6.42 Å². The molecular formula is C17H21FN2O2. The number of carbonyl (C=O) groups excluding carboxylic acids is 2. The minimum absolute atomic E-state index is 0.0204. The highest BCUT2D eigenvalue weighted by Gasteiger charge is 2.49. The number of amides is 2. The van der Waals surface area contributed by atoms with Crippen LogP contribution in [0.3, 0.4) is 0 Å². The first-order chi connectivity index (χ1) is 10.5. The van der Waals surface area contributed by atoms with Crippen LogP contribution in [0.4, 0.5) is 4.39 Å². The van der Waals surface area contributed by atoms with Crippen molar-refractivity contribution in [3.05, 3.63) is 35.6 Å². The van der Waals surface area contributed by atoms with Crippen LogP contribution in [0.1, 0.15) is 31.7 Å². The molecule has 0 bridgehead atoms. The summed E-state index contributed by atoms with van der Waals surface area (Å²) in [4.78, 5) is 27.9. The third-order valence-corrected chi connectivity index (χ3v) is 5.02. The van der Waals surface area contributed by atoms with Crippen LogP contribution in [0.15, 0.2) is 24.3 Å². The normalized spacial score (nSPS) is 20.5. The predicted octanol–water partition coefficient (Wildman–Crippen LogP) is 1.94. The zero-order valence-corrected chi connectivity index (χ0v) is 12.8. The molecule has 1 aliphatic heterocycles. The van der Waals surface area contributed by atoms with E-state index in [9.17, 15) is 14.0 Å². The smallest absolute Gasteiger partial charge is 0.233 e. The highest BCUT2D eigenvalue weighted by atomic mass is 19.1. The van der Waals surface area contributed by atoms with Gasteiger partial charge >= 0.3 is 0 Å². The molecule has 1 saturated carbocycles. The molecule has 3 rings (SSSR count). The van der Waals surface area contributed by atoms with Gasteiger partial charge in [-0.2, -0.15) is 0 Å². The summed E-state index contributed by atoms with van der Waals surface area (Å²) in [5.41, 5.74) is -0.163. The molecule has 1 aromatic carbocycles. The molecular weight excluding hydrogens is 283 g/mol. The number of carbonyl (C=O) groups is 2. The number of nitrogens with zero attached hydrogens (tertiary/aromatic N) is 2. The van der Waals surface area contributed by atoms with Crippen LogP contribution < -0.4 is 0 Å². The lowest BCUT2D eigenvalue weighted by Gasteiger charge is -2.46. The molecule has 1 aromatic rings. The van der Waals surface area contributed by atoms with Gasteiger partial charge in [-0.3, -0.25) is 9.59 Å². The molecule has 4 nitrogen and oxygen atoms in total. The highest BCUT2D eigenvalue weighted by molar-refractivity contribution is 5.89. The Morgan fingerprint density at radius 2 is 1.64 bits per heavy atom. The van der Waals surface area contributed by atoms with Crippen LogP contribution in [0, 0.1) is 5.82 Å². The Balaban J connectivity index is 1.79. The first-order valence-electron chi connectivity index (χ1n) is 7.84. The zero-order chi connectivity index (χ0) is 15.7. The molecule has 1 saturated heterocycles. The summed E-state index contributed by atoms with van der Waals surface area (Å²) in [5.74, 6) is -0.232. The number of benzene rings is 1. The average molecular weight is 304 g/mol. The molecule has 2 aliphatic rings. The standard InChI is InChI=1S/C17H21FN2O2/c1-13(21)19-9-11-20(12-10-19)16(22)17(7-4-8-17)14-5-2-3-6-15(14)18/h2-3,5-6H,4,7-12H2,1H3. The minimum atomic E-state index is -0.691. The van der Waals surface area contributed by atoms with Crippen molar-refractivity contribution in [1.29, 1.82) is 0 Å². The van der Waals surface area contributed by atoms with Gasteiger partial charge in [0.05, 0.1) is 5.41 Å². The van der Waals surface area contributed by atoms with E-state index >= 15 is 0 Å². The quantitative estimate of drug-likeness (QED) is 0.838. The van der Waals surface area contributed by atoms with Gasteiger partial charge in [-0.1, -0.05) is 24.6 Å². The van der Waals surface area contributed by atoms with Gasteiger partial charge < -0.3 is 9.80 Å². The fourth-order valence-electron chi connectivity index (χ4n) is 3.51. The number of rotatable bonds is 2. The first kappa shape index (κ1) is 15.0. The minimum Gasteiger partial charge on any atom is -0.339 e. The molecule has 118 valence electrons. The van der Waals surface area contributed by atoms with Crippen molar-refractivity contribution >= 4 is 11.8 Å². The van der Waals surface area contributed by atoms with Gasteiger partial charge in [-0.05, 0) is 18.9 Å². The van der Waals surface area contributed by atoms with Crippen molar-refractivity contribution in [2.45, 2.75) is 31.6 Å². The SMILES string of the molecule is CC(=O)N1CCN(C(=O)C2(c3ccccc3F)CCC2)CC1. The topological polar surface area (TPSA) is 40.6 Å². The molecule has 0 unspecified atom stereocenters. The molecule has 0 aromatic heterocycles. The fourth-order valence-corrected chi connectivity index (χ4v) is 3.51. The molecule has 2 fully saturated rings. The van der Waals surface area contributed by atoms with Crippen molar-refractivity contribution in [2.24, 2.45) is 0 Å². The van der Waals surface area contributed by atoms with Crippen molar-refractivity contribution in [1.82, 2.24) is 9.80 Å². The summed E-state index contributed by atoms with van der Waals surface area (Å²) in [6.45, 7) is 3.75. The van der Waals surface area contributed by atoms with E-state index in [1.54, 1.807) is 34.9 Å². The number of piperazine rings is 1. The van der Waals surface area contributed by atoms with Crippen LogP contribution in [0.5, 0.6) is 0 Å². The Labute approximate surface area is 129 Å². The van der Waals surface area contributed by atoms with Crippen LogP contribution in [-0.2, 0) is 15.0 Å². The Bertz CT molecular complexity index is 590. The Morgan fingerprint density at radius 3 is 2.14 bits per heavy atom. The largest absolute Gasteiger partial charge is 0.339 e. The van der Waals surface area contributed by atoms with E-state index in [-0.39, 0.29) is 17.6 Å². The second kappa shape index (κ2) is 5.71. The van der Waals surface area contributed by atoms with Crippen LogP contribution in [0.25, 0.3) is 0 Å². The second-order valence-corrected chi connectivity index (χ2v) is 6.21. The van der Waals surface area contributed by atoms with Gasteiger partial charge in [0, 0.05) is 38.7 Å². The summed E-state index contributed by atoms with van der Waals surface area (Å²) in [6, 6.07) is 6.61. The molecule has 5 heteroatoms. The lowest BCUT2D eigenvalue weighted by Crippen LogP contribution is -2.57. The maximum atomic E-state index is 14.2. The molecule has 1 heterocycles. The summed E-state index contributed by atoms with van der Waals surface area (Å²) in [5, 5.41) is 0. The third kappa shape index (κ3) is 2.38. The van der Waals surface area contributed by atoms with Crippen molar-refractivity contribution in [3.8, 4) is 0 Å². The molecule has 0 atom stereocenters. The third-order valence-electron chi connectivity index (χ3n) is 5.02. The Morgan fingerprint density at radius 1 is 1.05 bits per heavy atom. The lowest BCUT2D eigenvalue weighted by atomic mass is 9.63. The maximum Gasteiger partial charge on any atom is 0.233 e. The zero-order valence-electron chi connectivity index (χ0n) is 12.8. The summed E-state index contributed by atoms with van der Waals surface area (Å²) in [6.07, 6.45) is 2.37. The summed E-state index contributed by atoms with van der Waals surface area (Å²) < 4.78 is 14.2. The van der Waals surface area contributed by atoms with E-state index < -0.39 is 5.41 Å². The van der Waals surface area contributed by atoms with Crippen molar-refractivity contribution < 1.29 is 14.0 Å². The van der Waals surface area contributed by atoms with E-state index in [1.165, 1.54) is 6.07 Å². The van der Waals surface area contributed by atoms with Crippen LogP contribution >= 0.6 is 0 Å². The lowest BCUT2D eigenvalue weighted by molar-refractivity contribution is -0.145. The first-order valence-corrected chi connectivity index (χ1v) is 7.84. The molecule has 0 radical (unpaired) electrons. The van der Waals surface area contributed by atoms with Crippen LogP contribution in [0.2, 0.25) is 0 Å². The van der Waals surface area contributed by atoms with E-state index in [2.05, 4.69) is 0 Å². The van der Waals surface area contributed by atoms with Gasteiger partial charge in [0.2, 0.25) is 11.8 Å². The van der Waals surface area contributed by atoms with Crippen molar-refractivity contribution in [2.75, 3.05) is 26.2 Å². The van der Waals surface area contributed by atoms with E-state index in [4.69, 9.17) is 0 Å². The number of halogens is 1. The highest BCUT2D eigenvalue weighted by Crippen LogP contribution is 2.46.